The van der Waals surface area contributed by atoms with Gasteiger partial charge in [0, 0.05) is 11.6 Å². The number of carbonyl (C=O) groups is 1. The zero-order chi connectivity index (χ0) is 16.1. The summed E-state index contributed by atoms with van der Waals surface area (Å²) in [5, 5.41) is 2.61. The van der Waals surface area contributed by atoms with Crippen LogP contribution in [0.15, 0.2) is 42.5 Å². The van der Waals surface area contributed by atoms with Crippen molar-refractivity contribution in [1.29, 1.82) is 0 Å². The molecule has 116 valence electrons. The van der Waals surface area contributed by atoms with Crippen molar-refractivity contribution < 1.29 is 18.3 Å². The molecule has 3 nitrogen and oxygen atoms in total. The monoisotopic (exact) mass is 305 g/mol. The van der Waals surface area contributed by atoms with E-state index >= 15 is 0 Å². The van der Waals surface area contributed by atoms with E-state index in [1.807, 2.05) is 25.1 Å². The summed E-state index contributed by atoms with van der Waals surface area (Å²) in [6, 6.07) is 10.0. The van der Waals surface area contributed by atoms with Crippen LogP contribution in [0.25, 0.3) is 0 Å². The average molecular weight is 305 g/mol. The molecule has 22 heavy (non-hydrogen) atoms. The highest BCUT2D eigenvalue weighted by Gasteiger charge is 2.14. The van der Waals surface area contributed by atoms with Gasteiger partial charge >= 0.3 is 0 Å². The number of carbonyl (C=O) groups excluding carboxylic acids is 1. The molecule has 0 spiro atoms. The lowest BCUT2D eigenvalue weighted by Gasteiger charge is -2.15. The minimum absolute atomic E-state index is 0.170. The Kier molecular flexibility index (Phi) is 5.09. The molecule has 2 rings (SSSR count). The van der Waals surface area contributed by atoms with Crippen LogP contribution in [0.3, 0.4) is 0 Å². The lowest BCUT2D eigenvalue weighted by Crippen LogP contribution is -2.31. The predicted molar refractivity (Wildman–Crippen MR) is 79.6 cm³/mol. The predicted octanol–water partition coefficient (Wildman–Crippen LogP) is 3.53. The molecule has 2 aromatic carbocycles. The van der Waals surface area contributed by atoms with E-state index in [1.165, 1.54) is 6.07 Å². The Morgan fingerprint density at radius 1 is 1.23 bits per heavy atom. The van der Waals surface area contributed by atoms with Crippen LogP contribution in [0.2, 0.25) is 0 Å². The third-order valence-electron chi connectivity index (χ3n) is 3.17. The minimum atomic E-state index is -0.688. The van der Waals surface area contributed by atoms with Crippen molar-refractivity contribution in [3.05, 3.63) is 65.2 Å². The van der Waals surface area contributed by atoms with Crippen molar-refractivity contribution in [1.82, 2.24) is 5.32 Å². The molecule has 0 saturated heterocycles. The lowest BCUT2D eigenvalue weighted by atomic mass is 10.1. The molecule has 0 saturated carbocycles. The van der Waals surface area contributed by atoms with Gasteiger partial charge in [-0.3, -0.25) is 4.79 Å². The molecule has 0 aliphatic rings. The van der Waals surface area contributed by atoms with Crippen molar-refractivity contribution in [2.75, 3.05) is 6.61 Å². The summed E-state index contributed by atoms with van der Waals surface area (Å²) in [4.78, 5) is 11.8. The van der Waals surface area contributed by atoms with E-state index in [-0.39, 0.29) is 18.1 Å². The normalized spacial score (nSPS) is 11.8. The van der Waals surface area contributed by atoms with E-state index in [9.17, 15) is 13.6 Å². The summed E-state index contributed by atoms with van der Waals surface area (Å²) in [6.45, 7) is 3.38. The smallest absolute Gasteiger partial charge is 0.258 e. The first kappa shape index (κ1) is 15.9. The Morgan fingerprint density at radius 2 is 2.00 bits per heavy atom. The maximum Gasteiger partial charge on any atom is 0.258 e. The van der Waals surface area contributed by atoms with Crippen molar-refractivity contribution in [3.63, 3.8) is 0 Å². The molecular formula is C17H17F2NO2. The van der Waals surface area contributed by atoms with E-state index in [2.05, 4.69) is 5.32 Å². The number of amides is 1. The molecule has 0 bridgehead atoms. The quantitative estimate of drug-likeness (QED) is 0.917. The van der Waals surface area contributed by atoms with Crippen LogP contribution in [0.5, 0.6) is 5.75 Å². The SMILES string of the molecule is Cc1cccc(OCC(=O)N[C@@H](C)c2ccc(F)cc2F)c1. The first-order valence-corrected chi connectivity index (χ1v) is 6.89. The Balaban J connectivity index is 1.91. The molecule has 1 N–H and O–H groups in total. The standard InChI is InChI=1S/C17H17F2NO2/c1-11-4-3-5-14(8-11)22-10-17(21)20-12(2)15-7-6-13(18)9-16(15)19/h3-9,12H,10H2,1-2H3,(H,20,21)/t12-/m0/s1. The average Bonchev–Trinajstić information content (AvgIpc) is 2.45. The van der Waals surface area contributed by atoms with Crippen LogP contribution in [-0.4, -0.2) is 12.5 Å². The van der Waals surface area contributed by atoms with Crippen LogP contribution in [0.4, 0.5) is 8.78 Å². The number of hydrogen-bond acceptors (Lipinski definition) is 2. The number of benzene rings is 2. The first-order chi connectivity index (χ1) is 10.5. The zero-order valence-electron chi connectivity index (χ0n) is 12.4. The fourth-order valence-corrected chi connectivity index (χ4v) is 2.07. The Bertz CT molecular complexity index is 673. The van der Waals surface area contributed by atoms with Gasteiger partial charge in [-0.1, -0.05) is 18.2 Å². The number of nitrogens with one attached hydrogen (secondary N) is 1. The number of halogens is 2. The lowest BCUT2D eigenvalue weighted by molar-refractivity contribution is -0.123. The van der Waals surface area contributed by atoms with Gasteiger partial charge < -0.3 is 10.1 Å². The molecule has 0 heterocycles. The van der Waals surface area contributed by atoms with Crippen molar-refractivity contribution in [2.24, 2.45) is 0 Å². The molecule has 0 aromatic heterocycles. The fourth-order valence-electron chi connectivity index (χ4n) is 2.07. The molecule has 1 atom stereocenters. The topological polar surface area (TPSA) is 38.3 Å². The van der Waals surface area contributed by atoms with Crippen molar-refractivity contribution >= 4 is 5.91 Å². The summed E-state index contributed by atoms with van der Waals surface area (Å²) in [6.07, 6.45) is 0. The maximum atomic E-state index is 13.6. The molecular weight excluding hydrogens is 288 g/mol. The number of ether oxygens (including phenoxy) is 1. The largest absolute Gasteiger partial charge is 0.484 e. The second kappa shape index (κ2) is 7.02. The maximum absolute atomic E-state index is 13.6. The minimum Gasteiger partial charge on any atom is -0.484 e. The van der Waals surface area contributed by atoms with Gasteiger partial charge in [-0.15, -0.1) is 0 Å². The highest BCUT2D eigenvalue weighted by atomic mass is 19.1. The van der Waals surface area contributed by atoms with Gasteiger partial charge in [0.2, 0.25) is 0 Å². The summed E-state index contributed by atoms with van der Waals surface area (Å²) in [7, 11) is 0. The molecule has 0 fully saturated rings. The highest BCUT2D eigenvalue weighted by Crippen LogP contribution is 2.18. The van der Waals surface area contributed by atoms with Gasteiger partial charge in [0.25, 0.3) is 5.91 Å². The van der Waals surface area contributed by atoms with Crippen molar-refractivity contribution in [3.8, 4) is 5.75 Å². The second-order valence-corrected chi connectivity index (χ2v) is 5.06. The highest BCUT2D eigenvalue weighted by molar-refractivity contribution is 5.78. The van der Waals surface area contributed by atoms with Gasteiger partial charge in [0.05, 0.1) is 6.04 Å². The van der Waals surface area contributed by atoms with E-state index in [1.54, 1.807) is 13.0 Å². The van der Waals surface area contributed by atoms with Crippen LogP contribution < -0.4 is 10.1 Å². The summed E-state index contributed by atoms with van der Waals surface area (Å²) in [5.41, 5.74) is 1.25. The summed E-state index contributed by atoms with van der Waals surface area (Å²) < 4.78 is 31.9. The molecule has 0 unspecified atom stereocenters. The summed E-state index contributed by atoms with van der Waals surface area (Å²) in [5.74, 6) is -1.12. The second-order valence-electron chi connectivity index (χ2n) is 5.06. The molecule has 0 aliphatic carbocycles. The van der Waals surface area contributed by atoms with Gasteiger partial charge in [-0.05, 0) is 37.6 Å². The molecule has 0 aliphatic heterocycles. The third-order valence-corrected chi connectivity index (χ3v) is 3.17. The molecule has 5 heteroatoms. The number of rotatable bonds is 5. The Labute approximate surface area is 127 Å². The summed E-state index contributed by atoms with van der Waals surface area (Å²) >= 11 is 0. The van der Waals surface area contributed by atoms with Crippen LogP contribution in [-0.2, 0) is 4.79 Å². The Morgan fingerprint density at radius 3 is 2.68 bits per heavy atom. The third kappa shape index (κ3) is 4.28. The number of hydrogen-bond donors (Lipinski definition) is 1. The molecule has 0 radical (unpaired) electrons. The van der Waals surface area contributed by atoms with Crippen LogP contribution in [0, 0.1) is 18.6 Å². The van der Waals surface area contributed by atoms with E-state index in [4.69, 9.17) is 4.74 Å². The van der Waals surface area contributed by atoms with Gasteiger partial charge in [0.1, 0.15) is 17.4 Å². The van der Waals surface area contributed by atoms with Crippen LogP contribution in [0.1, 0.15) is 24.1 Å². The van der Waals surface area contributed by atoms with Crippen LogP contribution >= 0.6 is 0 Å². The molecule has 2 aromatic rings. The van der Waals surface area contributed by atoms with Gasteiger partial charge in [-0.25, -0.2) is 8.78 Å². The van der Waals surface area contributed by atoms with E-state index < -0.39 is 17.7 Å². The Hall–Kier alpha value is -2.43. The fraction of sp³-hybridized carbons (Fsp3) is 0.235. The first-order valence-electron chi connectivity index (χ1n) is 6.89. The zero-order valence-corrected chi connectivity index (χ0v) is 12.4. The van der Waals surface area contributed by atoms with E-state index in [0.717, 1.165) is 17.7 Å². The molecule has 1 amide bonds. The number of aryl methyl sites for hydroxylation is 1. The van der Waals surface area contributed by atoms with Crippen molar-refractivity contribution in [2.45, 2.75) is 19.9 Å². The van der Waals surface area contributed by atoms with E-state index in [0.29, 0.717) is 5.75 Å². The van der Waals surface area contributed by atoms with Gasteiger partial charge in [0.15, 0.2) is 6.61 Å². The van der Waals surface area contributed by atoms with Gasteiger partial charge in [-0.2, -0.15) is 0 Å².